The van der Waals surface area contributed by atoms with E-state index >= 15 is 0 Å². The monoisotopic (exact) mass is 372 g/mol. The largest absolute Gasteiger partial charge is 0.376 e. The number of hydrogen-bond acceptors (Lipinski definition) is 2. The molecule has 1 atom stereocenters. The van der Waals surface area contributed by atoms with Crippen molar-refractivity contribution in [3.8, 4) is 0 Å². The van der Waals surface area contributed by atoms with Crippen LogP contribution in [0.3, 0.4) is 0 Å². The summed E-state index contributed by atoms with van der Waals surface area (Å²) in [5, 5.41) is 3.91. The van der Waals surface area contributed by atoms with Crippen molar-refractivity contribution >= 4 is 5.69 Å². The maximum atomic E-state index is 4.85. The number of rotatable bonds is 7. The van der Waals surface area contributed by atoms with Crippen LogP contribution in [-0.4, -0.2) is 4.98 Å². The molecular formula is C26H32N2. The van der Waals surface area contributed by atoms with Gasteiger partial charge in [-0.25, -0.2) is 0 Å². The van der Waals surface area contributed by atoms with E-state index < -0.39 is 0 Å². The van der Waals surface area contributed by atoms with Crippen LogP contribution in [0, 0.1) is 6.92 Å². The van der Waals surface area contributed by atoms with Gasteiger partial charge in [-0.05, 0) is 54.0 Å². The Hall–Kier alpha value is -2.61. The Kier molecular flexibility index (Phi) is 6.51. The molecule has 1 unspecified atom stereocenters. The minimum Gasteiger partial charge on any atom is -0.376 e. The maximum absolute atomic E-state index is 4.85. The molecule has 3 rings (SSSR count). The maximum Gasteiger partial charge on any atom is 0.0725 e. The van der Waals surface area contributed by atoms with E-state index in [-0.39, 0.29) is 6.04 Å². The van der Waals surface area contributed by atoms with Gasteiger partial charge in [0.1, 0.15) is 0 Å². The lowest BCUT2D eigenvalue weighted by atomic mass is 9.91. The van der Waals surface area contributed by atoms with E-state index in [2.05, 4.69) is 107 Å². The molecule has 0 aliphatic heterocycles. The van der Waals surface area contributed by atoms with Crippen LogP contribution in [0.4, 0.5) is 5.69 Å². The molecule has 0 radical (unpaired) electrons. The number of aryl methyl sites for hydroxylation is 1. The average Bonchev–Trinajstić information content (AvgIpc) is 2.68. The smallest absolute Gasteiger partial charge is 0.0725 e. The molecule has 2 nitrogen and oxygen atoms in total. The van der Waals surface area contributed by atoms with Crippen molar-refractivity contribution in [3.05, 3.63) is 94.8 Å². The summed E-state index contributed by atoms with van der Waals surface area (Å²) >= 11 is 0. The third-order valence-corrected chi connectivity index (χ3v) is 5.24. The van der Waals surface area contributed by atoms with Crippen molar-refractivity contribution in [2.45, 2.75) is 58.9 Å². The number of pyridine rings is 1. The van der Waals surface area contributed by atoms with Crippen LogP contribution in [0.25, 0.3) is 0 Å². The predicted octanol–water partition coefficient (Wildman–Crippen LogP) is 7.03. The van der Waals surface area contributed by atoms with Crippen LogP contribution in [0.1, 0.15) is 73.7 Å². The summed E-state index contributed by atoms with van der Waals surface area (Å²) in [6, 6.07) is 23.8. The summed E-state index contributed by atoms with van der Waals surface area (Å²) < 4.78 is 0. The Labute approximate surface area is 170 Å². The standard InChI is InChI=1S/C26H32N2/c1-18(2)22-14-10-15-23(19(3)4)26(22)28-25(17-21-12-7-6-8-13-21)24-16-9-11-20(5)27-24/h6-16,18-19,25,28H,17H2,1-5H3. The normalized spacial score (nSPS) is 12.4. The van der Waals surface area contributed by atoms with Gasteiger partial charge in [0.05, 0.1) is 11.7 Å². The van der Waals surface area contributed by atoms with Gasteiger partial charge in [-0.2, -0.15) is 0 Å². The van der Waals surface area contributed by atoms with Crippen LogP contribution < -0.4 is 5.32 Å². The highest BCUT2D eigenvalue weighted by Crippen LogP contribution is 2.35. The van der Waals surface area contributed by atoms with Crippen LogP contribution in [-0.2, 0) is 6.42 Å². The molecule has 0 fully saturated rings. The molecule has 146 valence electrons. The van der Waals surface area contributed by atoms with E-state index in [0.29, 0.717) is 11.8 Å². The van der Waals surface area contributed by atoms with E-state index in [1.165, 1.54) is 22.4 Å². The highest BCUT2D eigenvalue weighted by atomic mass is 15.0. The third kappa shape index (κ3) is 4.81. The number of anilines is 1. The van der Waals surface area contributed by atoms with Crippen molar-refractivity contribution < 1.29 is 0 Å². The Morgan fingerprint density at radius 3 is 1.93 bits per heavy atom. The zero-order valence-electron chi connectivity index (χ0n) is 17.7. The summed E-state index contributed by atoms with van der Waals surface area (Å²) in [7, 11) is 0. The van der Waals surface area contributed by atoms with Gasteiger partial charge in [-0.15, -0.1) is 0 Å². The molecule has 1 heterocycles. The Bertz CT molecular complexity index is 871. The van der Waals surface area contributed by atoms with Crippen LogP contribution in [0.2, 0.25) is 0 Å². The molecule has 0 aliphatic rings. The molecule has 0 bridgehead atoms. The van der Waals surface area contributed by atoms with Gasteiger partial charge in [-0.1, -0.05) is 82.3 Å². The minimum atomic E-state index is 0.125. The van der Waals surface area contributed by atoms with Gasteiger partial charge in [0.2, 0.25) is 0 Å². The molecule has 1 aromatic heterocycles. The highest BCUT2D eigenvalue weighted by Gasteiger charge is 2.20. The van der Waals surface area contributed by atoms with Crippen molar-refractivity contribution in [1.29, 1.82) is 0 Å². The second-order valence-corrected chi connectivity index (χ2v) is 8.21. The number of nitrogens with one attached hydrogen (secondary N) is 1. The first-order valence-corrected chi connectivity index (χ1v) is 10.3. The number of benzene rings is 2. The lowest BCUT2D eigenvalue weighted by molar-refractivity contribution is 0.730. The molecule has 3 aromatic rings. The average molecular weight is 373 g/mol. The summed E-state index contributed by atoms with van der Waals surface area (Å²) in [6.45, 7) is 11.1. The van der Waals surface area contributed by atoms with E-state index in [9.17, 15) is 0 Å². The molecule has 1 N–H and O–H groups in total. The topological polar surface area (TPSA) is 24.9 Å². The summed E-state index contributed by atoms with van der Waals surface area (Å²) in [4.78, 5) is 4.85. The molecular weight excluding hydrogens is 340 g/mol. The van der Waals surface area contributed by atoms with Crippen LogP contribution in [0.15, 0.2) is 66.7 Å². The zero-order chi connectivity index (χ0) is 20.1. The molecule has 28 heavy (non-hydrogen) atoms. The van der Waals surface area contributed by atoms with Crippen molar-refractivity contribution in [2.75, 3.05) is 5.32 Å². The second kappa shape index (κ2) is 9.05. The zero-order valence-corrected chi connectivity index (χ0v) is 17.7. The van der Waals surface area contributed by atoms with Gasteiger partial charge in [-0.3, -0.25) is 4.98 Å². The predicted molar refractivity (Wildman–Crippen MR) is 120 cm³/mol. The van der Waals surface area contributed by atoms with Gasteiger partial charge in [0, 0.05) is 11.4 Å². The third-order valence-electron chi connectivity index (χ3n) is 5.24. The molecule has 0 saturated heterocycles. The van der Waals surface area contributed by atoms with E-state index in [4.69, 9.17) is 4.98 Å². The number of nitrogens with zero attached hydrogens (tertiary/aromatic N) is 1. The lowest BCUT2D eigenvalue weighted by Gasteiger charge is -2.26. The first-order valence-electron chi connectivity index (χ1n) is 10.3. The fraction of sp³-hybridized carbons (Fsp3) is 0.346. The molecule has 0 spiro atoms. The van der Waals surface area contributed by atoms with Crippen LogP contribution in [0.5, 0.6) is 0 Å². The quantitative estimate of drug-likeness (QED) is 0.481. The lowest BCUT2D eigenvalue weighted by Crippen LogP contribution is -2.18. The van der Waals surface area contributed by atoms with Gasteiger partial charge >= 0.3 is 0 Å². The summed E-state index contributed by atoms with van der Waals surface area (Å²) in [5.41, 5.74) is 7.48. The van der Waals surface area contributed by atoms with E-state index in [1.54, 1.807) is 0 Å². The number of para-hydroxylation sites is 1. The molecule has 2 aromatic carbocycles. The Balaban J connectivity index is 2.05. The van der Waals surface area contributed by atoms with E-state index in [1.807, 2.05) is 0 Å². The fourth-order valence-electron chi connectivity index (χ4n) is 3.73. The van der Waals surface area contributed by atoms with Gasteiger partial charge in [0.15, 0.2) is 0 Å². The van der Waals surface area contributed by atoms with Crippen molar-refractivity contribution in [2.24, 2.45) is 0 Å². The molecule has 0 saturated carbocycles. The molecule has 0 aliphatic carbocycles. The van der Waals surface area contributed by atoms with Gasteiger partial charge < -0.3 is 5.32 Å². The Morgan fingerprint density at radius 1 is 0.750 bits per heavy atom. The number of hydrogen-bond donors (Lipinski definition) is 1. The number of aromatic nitrogens is 1. The highest BCUT2D eigenvalue weighted by molar-refractivity contribution is 5.61. The summed E-state index contributed by atoms with van der Waals surface area (Å²) in [5.74, 6) is 0.924. The second-order valence-electron chi connectivity index (χ2n) is 8.21. The first kappa shape index (κ1) is 20.1. The SMILES string of the molecule is Cc1cccc(C(Cc2ccccc2)Nc2c(C(C)C)cccc2C(C)C)n1. The van der Waals surface area contributed by atoms with Crippen molar-refractivity contribution in [1.82, 2.24) is 4.98 Å². The minimum absolute atomic E-state index is 0.125. The van der Waals surface area contributed by atoms with Gasteiger partial charge in [0.25, 0.3) is 0 Å². The summed E-state index contributed by atoms with van der Waals surface area (Å²) in [6.07, 6.45) is 0.904. The fourth-order valence-corrected chi connectivity index (χ4v) is 3.73. The Morgan fingerprint density at radius 2 is 1.36 bits per heavy atom. The molecule has 0 amide bonds. The first-order chi connectivity index (χ1) is 13.5. The van der Waals surface area contributed by atoms with Crippen molar-refractivity contribution in [3.63, 3.8) is 0 Å². The van der Waals surface area contributed by atoms with E-state index in [0.717, 1.165) is 17.8 Å². The van der Waals surface area contributed by atoms with Crippen LogP contribution >= 0.6 is 0 Å². The molecule has 2 heteroatoms.